The molecule has 0 aromatic carbocycles. The summed E-state index contributed by atoms with van der Waals surface area (Å²) < 4.78 is 7.71. The molecule has 0 bridgehead atoms. The zero-order valence-corrected chi connectivity index (χ0v) is 15.5. The SMILES string of the molecule is Cc1cccc(OCc2nn(C)c3c2CN(C(=O)c2cscn2)CC3)n1. The van der Waals surface area contributed by atoms with E-state index in [0.717, 1.165) is 29.1 Å². The lowest BCUT2D eigenvalue weighted by Gasteiger charge is -2.27. The molecule has 0 aliphatic carbocycles. The molecule has 0 saturated heterocycles. The summed E-state index contributed by atoms with van der Waals surface area (Å²) >= 11 is 1.43. The van der Waals surface area contributed by atoms with Crippen LogP contribution < -0.4 is 4.74 Å². The summed E-state index contributed by atoms with van der Waals surface area (Å²) in [6.45, 7) is 3.46. The third-order valence-electron chi connectivity index (χ3n) is 4.48. The zero-order chi connectivity index (χ0) is 18.1. The second-order valence-electron chi connectivity index (χ2n) is 6.25. The molecule has 134 valence electrons. The molecule has 0 unspecified atom stereocenters. The van der Waals surface area contributed by atoms with Gasteiger partial charge < -0.3 is 9.64 Å². The number of amides is 1. The highest BCUT2D eigenvalue weighted by Gasteiger charge is 2.28. The molecule has 0 radical (unpaired) electrons. The molecule has 1 aliphatic heterocycles. The van der Waals surface area contributed by atoms with Gasteiger partial charge in [-0.1, -0.05) is 6.07 Å². The topological polar surface area (TPSA) is 73.1 Å². The summed E-state index contributed by atoms with van der Waals surface area (Å²) in [4.78, 5) is 22.9. The number of carbonyl (C=O) groups excluding carboxylic acids is 1. The Bertz CT molecular complexity index is 935. The monoisotopic (exact) mass is 369 g/mol. The maximum atomic E-state index is 12.6. The summed E-state index contributed by atoms with van der Waals surface area (Å²) in [6.07, 6.45) is 0.775. The van der Waals surface area contributed by atoms with Crippen LogP contribution in [-0.4, -0.2) is 37.1 Å². The number of thiazole rings is 1. The predicted octanol–water partition coefficient (Wildman–Crippen LogP) is 2.36. The van der Waals surface area contributed by atoms with Crippen LogP contribution in [-0.2, 0) is 26.6 Å². The number of nitrogens with zero attached hydrogens (tertiary/aromatic N) is 5. The van der Waals surface area contributed by atoms with Crippen molar-refractivity contribution < 1.29 is 9.53 Å². The molecule has 0 spiro atoms. The van der Waals surface area contributed by atoms with Gasteiger partial charge in [-0.25, -0.2) is 9.97 Å². The number of fused-ring (bicyclic) bond motifs is 1. The van der Waals surface area contributed by atoms with Gasteiger partial charge in [0.2, 0.25) is 5.88 Å². The van der Waals surface area contributed by atoms with Crippen molar-refractivity contribution >= 4 is 17.2 Å². The highest BCUT2D eigenvalue weighted by Crippen LogP contribution is 2.24. The second kappa shape index (κ2) is 6.87. The molecule has 0 N–H and O–H groups in total. The number of ether oxygens (including phenoxy) is 1. The van der Waals surface area contributed by atoms with Gasteiger partial charge in [0, 0.05) is 55.0 Å². The van der Waals surface area contributed by atoms with Crippen LogP contribution in [0.25, 0.3) is 0 Å². The first-order valence-electron chi connectivity index (χ1n) is 8.39. The molecule has 0 saturated carbocycles. The summed E-state index contributed by atoms with van der Waals surface area (Å²) in [6, 6.07) is 5.68. The van der Waals surface area contributed by atoms with Gasteiger partial charge in [-0.3, -0.25) is 9.48 Å². The number of pyridine rings is 1. The van der Waals surface area contributed by atoms with Crippen LogP contribution in [0.15, 0.2) is 29.1 Å². The lowest BCUT2D eigenvalue weighted by Crippen LogP contribution is -2.36. The van der Waals surface area contributed by atoms with E-state index in [1.165, 1.54) is 11.3 Å². The van der Waals surface area contributed by atoms with Gasteiger partial charge in [0.1, 0.15) is 18.0 Å². The minimum absolute atomic E-state index is 0.0343. The Morgan fingerprint density at radius 3 is 3.04 bits per heavy atom. The molecule has 4 heterocycles. The fraction of sp³-hybridized carbons (Fsp3) is 0.333. The van der Waals surface area contributed by atoms with Crippen LogP contribution in [0.4, 0.5) is 0 Å². The first kappa shape index (κ1) is 16.7. The summed E-state index contributed by atoms with van der Waals surface area (Å²) in [5, 5.41) is 6.38. The number of aryl methyl sites for hydroxylation is 2. The van der Waals surface area contributed by atoms with Gasteiger partial charge in [-0.05, 0) is 13.0 Å². The Morgan fingerprint density at radius 2 is 2.27 bits per heavy atom. The van der Waals surface area contributed by atoms with E-state index in [9.17, 15) is 4.79 Å². The van der Waals surface area contributed by atoms with E-state index < -0.39 is 0 Å². The van der Waals surface area contributed by atoms with E-state index in [-0.39, 0.29) is 5.91 Å². The first-order chi connectivity index (χ1) is 12.6. The van der Waals surface area contributed by atoms with E-state index in [4.69, 9.17) is 4.74 Å². The normalized spacial score (nSPS) is 13.5. The lowest BCUT2D eigenvalue weighted by atomic mass is 10.0. The Morgan fingerprint density at radius 1 is 1.38 bits per heavy atom. The van der Waals surface area contributed by atoms with Crippen LogP contribution in [0.1, 0.15) is 33.1 Å². The molecule has 3 aromatic heterocycles. The molecule has 7 nitrogen and oxygen atoms in total. The van der Waals surface area contributed by atoms with Gasteiger partial charge in [-0.15, -0.1) is 11.3 Å². The molecule has 4 rings (SSSR count). The maximum absolute atomic E-state index is 12.6. The van der Waals surface area contributed by atoms with Gasteiger partial charge in [0.05, 0.1) is 5.51 Å². The Kier molecular flexibility index (Phi) is 4.42. The summed E-state index contributed by atoms with van der Waals surface area (Å²) in [7, 11) is 1.94. The average molecular weight is 369 g/mol. The average Bonchev–Trinajstić information content (AvgIpc) is 3.28. The van der Waals surface area contributed by atoms with Crippen molar-refractivity contribution in [3.8, 4) is 5.88 Å². The summed E-state index contributed by atoms with van der Waals surface area (Å²) in [5.41, 5.74) is 6.16. The van der Waals surface area contributed by atoms with E-state index in [0.29, 0.717) is 31.3 Å². The fourth-order valence-electron chi connectivity index (χ4n) is 3.18. The van der Waals surface area contributed by atoms with E-state index in [1.54, 1.807) is 10.9 Å². The smallest absolute Gasteiger partial charge is 0.273 e. The van der Waals surface area contributed by atoms with Gasteiger partial charge >= 0.3 is 0 Å². The van der Waals surface area contributed by atoms with Crippen molar-refractivity contribution in [1.29, 1.82) is 0 Å². The number of hydrogen-bond donors (Lipinski definition) is 0. The molecule has 8 heteroatoms. The van der Waals surface area contributed by atoms with Crippen molar-refractivity contribution in [3.63, 3.8) is 0 Å². The van der Waals surface area contributed by atoms with Crippen LogP contribution in [0.5, 0.6) is 5.88 Å². The molecule has 3 aromatic rings. The number of hydrogen-bond acceptors (Lipinski definition) is 6. The Labute approximate surface area is 155 Å². The number of carbonyl (C=O) groups is 1. The van der Waals surface area contributed by atoms with Gasteiger partial charge in [-0.2, -0.15) is 5.10 Å². The minimum atomic E-state index is -0.0343. The van der Waals surface area contributed by atoms with Crippen molar-refractivity contribution in [2.75, 3.05) is 6.54 Å². The van der Waals surface area contributed by atoms with Crippen LogP contribution >= 0.6 is 11.3 Å². The van der Waals surface area contributed by atoms with Crippen LogP contribution in [0, 0.1) is 6.92 Å². The second-order valence-corrected chi connectivity index (χ2v) is 6.97. The van der Waals surface area contributed by atoms with Crippen molar-refractivity contribution in [1.82, 2.24) is 24.6 Å². The highest BCUT2D eigenvalue weighted by atomic mass is 32.1. The van der Waals surface area contributed by atoms with Gasteiger partial charge in [0.15, 0.2) is 0 Å². The third-order valence-corrected chi connectivity index (χ3v) is 5.07. The van der Waals surface area contributed by atoms with E-state index in [1.807, 2.05) is 41.8 Å². The quantitative estimate of drug-likeness (QED) is 0.706. The first-order valence-corrected chi connectivity index (χ1v) is 9.33. The maximum Gasteiger partial charge on any atom is 0.273 e. The lowest BCUT2D eigenvalue weighted by molar-refractivity contribution is 0.0727. The highest BCUT2D eigenvalue weighted by molar-refractivity contribution is 7.07. The molecule has 0 atom stereocenters. The van der Waals surface area contributed by atoms with Crippen molar-refractivity contribution in [3.05, 3.63) is 57.4 Å². The van der Waals surface area contributed by atoms with E-state index in [2.05, 4.69) is 15.1 Å². The molecular formula is C18H19N5O2S. The van der Waals surface area contributed by atoms with Crippen LogP contribution in [0.3, 0.4) is 0 Å². The molecule has 1 aliphatic rings. The van der Waals surface area contributed by atoms with Crippen molar-refractivity contribution in [2.45, 2.75) is 26.5 Å². The van der Waals surface area contributed by atoms with Gasteiger partial charge in [0.25, 0.3) is 5.91 Å². The number of rotatable bonds is 4. The fourth-order valence-corrected chi connectivity index (χ4v) is 3.71. The molecule has 26 heavy (non-hydrogen) atoms. The standard InChI is InChI=1S/C18H19N5O2S/c1-12-4-3-5-17(20-12)25-9-14-13-8-23(7-6-16(13)22(2)21-14)18(24)15-10-26-11-19-15/h3-5,10-11H,6-9H2,1-2H3. The zero-order valence-electron chi connectivity index (χ0n) is 14.7. The Balaban J connectivity index is 1.53. The third kappa shape index (κ3) is 3.20. The molecule has 1 amide bonds. The largest absolute Gasteiger partial charge is 0.471 e. The van der Waals surface area contributed by atoms with E-state index >= 15 is 0 Å². The molecule has 0 fully saturated rings. The molecular weight excluding hydrogens is 350 g/mol. The number of aromatic nitrogens is 4. The minimum Gasteiger partial charge on any atom is -0.471 e. The predicted molar refractivity (Wildman–Crippen MR) is 97.1 cm³/mol. The Hall–Kier alpha value is -2.74. The van der Waals surface area contributed by atoms with Crippen LogP contribution in [0.2, 0.25) is 0 Å². The summed E-state index contributed by atoms with van der Waals surface area (Å²) in [5.74, 6) is 0.545. The van der Waals surface area contributed by atoms with Crippen molar-refractivity contribution in [2.24, 2.45) is 7.05 Å².